The number of aromatic nitrogens is 5. The highest BCUT2D eigenvalue weighted by Crippen LogP contribution is 2.27. The van der Waals surface area contributed by atoms with Crippen molar-refractivity contribution in [3.63, 3.8) is 0 Å². The number of H-pyrrole nitrogens is 1. The van der Waals surface area contributed by atoms with Gasteiger partial charge < -0.3 is 4.98 Å². The van der Waals surface area contributed by atoms with E-state index >= 15 is 0 Å². The third-order valence-electron chi connectivity index (χ3n) is 6.24. The van der Waals surface area contributed by atoms with Gasteiger partial charge in [-0.25, -0.2) is 4.68 Å². The number of rotatable bonds is 8. The first kappa shape index (κ1) is 23.8. The maximum Gasteiger partial charge on any atom is 0.252 e. The summed E-state index contributed by atoms with van der Waals surface area (Å²) in [5, 5.41) is 13.8. The summed E-state index contributed by atoms with van der Waals surface area (Å²) < 4.78 is 1.91. The van der Waals surface area contributed by atoms with Crippen molar-refractivity contribution in [3.8, 4) is 0 Å². The van der Waals surface area contributed by atoms with Crippen LogP contribution in [0.2, 0.25) is 0 Å². The molecule has 0 radical (unpaired) electrons. The summed E-state index contributed by atoms with van der Waals surface area (Å²) in [6.45, 7) is 11.8. The molecule has 0 aliphatic carbocycles. The van der Waals surface area contributed by atoms with Crippen molar-refractivity contribution in [2.45, 2.75) is 65.6 Å². The van der Waals surface area contributed by atoms with Gasteiger partial charge >= 0.3 is 0 Å². The number of hydrogen-bond acceptors (Lipinski definition) is 5. The minimum atomic E-state index is -0.241. The molecule has 178 valence electrons. The molecule has 2 aromatic heterocycles. The maximum atomic E-state index is 13.0. The van der Waals surface area contributed by atoms with Crippen LogP contribution in [0.1, 0.15) is 62.7 Å². The van der Waals surface area contributed by atoms with E-state index in [4.69, 9.17) is 0 Å². The number of benzene rings is 2. The molecule has 0 aliphatic rings. The highest BCUT2D eigenvalue weighted by atomic mass is 16.1. The lowest BCUT2D eigenvalue weighted by molar-refractivity contribution is 0.163. The molecule has 7 heteroatoms. The third-order valence-corrected chi connectivity index (χ3v) is 6.24. The van der Waals surface area contributed by atoms with Crippen molar-refractivity contribution in [2.75, 3.05) is 6.54 Å². The Hall–Kier alpha value is -3.32. The monoisotopic (exact) mass is 458 g/mol. The Morgan fingerprint density at radius 1 is 1.09 bits per heavy atom. The predicted octanol–water partition coefficient (Wildman–Crippen LogP) is 4.77. The van der Waals surface area contributed by atoms with Gasteiger partial charge in [0.2, 0.25) is 0 Å². The van der Waals surface area contributed by atoms with Crippen molar-refractivity contribution >= 4 is 10.9 Å². The fourth-order valence-corrected chi connectivity index (χ4v) is 4.45. The van der Waals surface area contributed by atoms with Crippen molar-refractivity contribution in [2.24, 2.45) is 0 Å². The van der Waals surface area contributed by atoms with Gasteiger partial charge in [-0.2, -0.15) is 0 Å². The molecule has 1 atom stereocenters. The summed E-state index contributed by atoms with van der Waals surface area (Å²) in [5.74, 6) is 0.830. The minimum absolute atomic E-state index is 0.0226. The largest absolute Gasteiger partial charge is 0.322 e. The van der Waals surface area contributed by atoms with E-state index in [0.29, 0.717) is 6.54 Å². The number of nitrogens with zero attached hydrogens (tertiary/aromatic N) is 5. The summed E-state index contributed by atoms with van der Waals surface area (Å²) >= 11 is 0. The quantitative estimate of drug-likeness (QED) is 0.411. The molecule has 4 aromatic rings. The summed E-state index contributed by atoms with van der Waals surface area (Å²) in [6, 6.07) is 18.5. The summed E-state index contributed by atoms with van der Waals surface area (Å²) in [6.07, 6.45) is 1.70. The first-order chi connectivity index (χ1) is 16.3. The molecular weight excluding hydrogens is 424 g/mol. The van der Waals surface area contributed by atoms with Crippen molar-refractivity contribution in [1.82, 2.24) is 30.1 Å². The summed E-state index contributed by atoms with van der Waals surface area (Å²) in [7, 11) is 0. The van der Waals surface area contributed by atoms with Crippen LogP contribution in [0.25, 0.3) is 10.9 Å². The fourth-order valence-electron chi connectivity index (χ4n) is 4.45. The third kappa shape index (κ3) is 5.25. The van der Waals surface area contributed by atoms with Crippen molar-refractivity contribution < 1.29 is 0 Å². The molecule has 0 aliphatic heterocycles. The van der Waals surface area contributed by atoms with Gasteiger partial charge in [-0.05, 0) is 80.1 Å². The predicted molar refractivity (Wildman–Crippen MR) is 136 cm³/mol. The molecule has 0 saturated carbocycles. The van der Waals surface area contributed by atoms with Gasteiger partial charge in [-0.3, -0.25) is 9.69 Å². The number of hydrogen-bond donors (Lipinski definition) is 1. The number of pyridine rings is 1. The van der Waals surface area contributed by atoms with Crippen LogP contribution in [-0.4, -0.2) is 36.6 Å². The lowest BCUT2D eigenvalue weighted by Gasteiger charge is -2.32. The van der Waals surface area contributed by atoms with E-state index in [0.717, 1.165) is 41.7 Å². The Balaban J connectivity index is 1.72. The molecule has 1 N–H and O–H groups in total. The molecule has 0 fully saturated rings. The van der Waals surface area contributed by atoms with Crippen LogP contribution in [0, 0.1) is 6.92 Å². The zero-order valence-electron chi connectivity index (χ0n) is 20.7. The normalized spacial score (nSPS) is 13.0. The van der Waals surface area contributed by atoms with Crippen molar-refractivity contribution in [3.05, 3.63) is 87.5 Å². The first-order valence-electron chi connectivity index (χ1n) is 12.0. The van der Waals surface area contributed by atoms with Crippen LogP contribution in [0.3, 0.4) is 0 Å². The van der Waals surface area contributed by atoms with Crippen LogP contribution in [-0.2, 0) is 18.5 Å². The Bertz CT molecular complexity index is 1300. The van der Waals surface area contributed by atoms with Gasteiger partial charge in [0.1, 0.15) is 0 Å². The second-order valence-electron chi connectivity index (χ2n) is 9.96. The zero-order chi connectivity index (χ0) is 24.3. The van der Waals surface area contributed by atoms with E-state index < -0.39 is 0 Å². The number of tetrazole rings is 1. The van der Waals surface area contributed by atoms with Gasteiger partial charge in [0.25, 0.3) is 5.56 Å². The highest BCUT2D eigenvalue weighted by molar-refractivity contribution is 5.79. The van der Waals surface area contributed by atoms with Gasteiger partial charge in [-0.15, -0.1) is 5.10 Å². The number of fused-ring (bicyclic) bond motifs is 1. The Kier molecular flexibility index (Phi) is 6.93. The lowest BCUT2D eigenvalue weighted by atomic mass is 10.0. The van der Waals surface area contributed by atoms with E-state index in [1.54, 1.807) is 0 Å². The van der Waals surface area contributed by atoms with Gasteiger partial charge in [0.05, 0.1) is 11.6 Å². The van der Waals surface area contributed by atoms with Gasteiger partial charge in [0.15, 0.2) is 5.82 Å². The standard InChI is InChI=1S/C27H34N6O/c1-6-24(25-29-30-31-33(25)27(3,4)5)32(15-14-20-10-8-7-9-11-20)18-22-17-21-16-19(2)12-13-23(21)28-26(22)34/h7-13,16-17,24H,6,14-15,18H2,1-5H3,(H,28,34)/t24-/m0/s1. The molecule has 34 heavy (non-hydrogen) atoms. The van der Waals surface area contributed by atoms with E-state index in [1.165, 1.54) is 11.1 Å². The second-order valence-corrected chi connectivity index (χ2v) is 9.96. The molecule has 0 unspecified atom stereocenters. The second kappa shape index (κ2) is 9.89. The van der Waals surface area contributed by atoms with E-state index in [-0.39, 0.29) is 17.1 Å². The number of aryl methyl sites for hydroxylation is 1. The lowest BCUT2D eigenvalue weighted by Crippen LogP contribution is -2.36. The molecule has 2 heterocycles. The molecule has 0 saturated heterocycles. The Labute approximate surface area is 200 Å². The smallest absolute Gasteiger partial charge is 0.252 e. The topological polar surface area (TPSA) is 79.7 Å². The number of nitrogens with one attached hydrogen (secondary N) is 1. The molecule has 0 spiro atoms. The first-order valence-corrected chi connectivity index (χ1v) is 12.0. The molecular formula is C27H34N6O. The average molecular weight is 459 g/mol. The van der Waals surface area contributed by atoms with Crippen LogP contribution >= 0.6 is 0 Å². The maximum absolute atomic E-state index is 13.0. The molecule has 2 aromatic carbocycles. The highest BCUT2D eigenvalue weighted by Gasteiger charge is 2.29. The van der Waals surface area contributed by atoms with E-state index in [1.807, 2.05) is 28.9 Å². The zero-order valence-corrected chi connectivity index (χ0v) is 20.7. The Morgan fingerprint density at radius 3 is 2.56 bits per heavy atom. The van der Waals surface area contributed by atoms with Gasteiger partial charge in [-0.1, -0.05) is 48.9 Å². The number of aromatic amines is 1. The van der Waals surface area contributed by atoms with Gasteiger partial charge in [0, 0.05) is 24.2 Å². The molecule has 0 amide bonds. The van der Waals surface area contributed by atoms with Crippen LogP contribution in [0.15, 0.2) is 59.4 Å². The van der Waals surface area contributed by atoms with E-state index in [2.05, 4.69) is 90.4 Å². The summed E-state index contributed by atoms with van der Waals surface area (Å²) in [5.41, 5.74) is 3.75. The average Bonchev–Trinajstić information content (AvgIpc) is 3.29. The minimum Gasteiger partial charge on any atom is -0.322 e. The molecule has 0 bridgehead atoms. The molecule has 7 nitrogen and oxygen atoms in total. The summed E-state index contributed by atoms with van der Waals surface area (Å²) in [4.78, 5) is 18.4. The molecule has 4 rings (SSSR count). The van der Waals surface area contributed by atoms with E-state index in [9.17, 15) is 4.79 Å². The van der Waals surface area contributed by atoms with Crippen LogP contribution in [0.5, 0.6) is 0 Å². The fraction of sp³-hybridized carbons (Fsp3) is 0.407. The van der Waals surface area contributed by atoms with Crippen molar-refractivity contribution in [1.29, 1.82) is 0 Å². The SMILES string of the molecule is CC[C@@H](c1nnnn1C(C)(C)C)N(CCc1ccccc1)Cc1cc2cc(C)ccc2[nH]c1=O. The van der Waals surface area contributed by atoms with Crippen LogP contribution in [0.4, 0.5) is 0 Å². The Morgan fingerprint density at radius 2 is 1.85 bits per heavy atom. The van der Waals surface area contributed by atoms with Crippen LogP contribution < -0.4 is 5.56 Å².